The highest BCUT2D eigenvalue weighted by molar-refractivity contribution is 6.07. The van der Waals surface area contributed by atoms with Crippen molar-refractivity contribution in [1.29, 1.82) is 0 Å². The van der Waals surface area contributed by atoms with Crippen LogP contribution in [0, 0.1) is 5.92 Å². The van der Waals surface area contributed by atoms with Crippen LogP contribution < -0.4 is 20.7 Å². The SMILES string of the molecule is C[C@@H]1CN([C@@H](C)CO)C(=O)c2cc(NC(=O)Nc3cccc4ccccc34)ccc2O[C@@H]1CN(C)C(=O)Nc1ccc(C(F)(F)F)cc1. The van der Waals surface area contributed by atoms with Crippen molar-refractivity contribution < 1.29 is 37.4 Å². The Kier molecular flexibility index (Phi) is 10.1. The van der Waals surface area contributed by atoms with E-state index < -0.39 is 41.9 Å². The Hall–Kier alpha value is -5.30. The highest BCUT2D eigenvalue weighted by Gasteiger charge is 2.34. The molecule has 0 saturated carbocycles. The molecule has 0 aromatic heterocycles. The van der Waals surface area contributed by atoms with E-state index in [9.17, 15) is 32.7 Å². The van der Waals surface area contributed by atoms with Crippen LogP contribution in [-0.4, -0.2) is 71.8 Å². The highest BCUT2D eigenvalue weighted by atomic mass is 19.4. The third-order valence-corrected chi connectivity index (χ3v) is 8.22. The lowest BCUT2D eigenvalue weighted by atomic mass is 9.99. The summed E-state index contributed by atoms with van der Waals surface area (Å²) in [5.41, 5.74) is 0.465. The molecule has 10 nitrogen and oxygen atoms in total. The number of anilines is 3. The average molecular weight is 664 g/mol. The number of rotatable bonds is 7. The Bertz CT molecular complexity index is 1790. The molecule has 0 bridgehead atoms. The smallest absolute Gasteiger partial charge is 0.416 e. The van der Waals surface area contributed by atoms with E-state index in [1.165, 1.54) is 35.0 Å². The van der Waals surface area contributed by atoms with E-state index >= 15 is 0 Å². The standard InChI is InChI=1S/C35H36F3N5O5/c1-21-18-43(22(2)20-44)32(45)28-17-26(39-33(46)41-29-10-6-8-23-7-4-5-9-27(23)29)15-16-30(28)48-31(21)19-42(3)34(47)40-25-13-11-24(12-14-25)35(36,37)38/h4-17,21-22,31,44H,18-20H2,1-3H3,(H,40,47)(H2,39,41,46)/t21-,22+,31-/m1/s1. The maximum atomic E-state index is 13.8. The first kappa shape index (κ1) is 34.0. The molecule has 4 aromatic rings. The fraction of sp³-hybridized carbons (Fsp3) is 0.286. The van der Waals surface area contributed by atoms with Gasteiger partial charge < -0.3 is 35.6 Å². The fourth-order valence-corrected chi connectivity index (χ4v) is 5.45. The molecule has 0 aliphatic carbocycles. The van der Waals surface area contributed by atoms with E-state index in [-0.39, 0.29) is 42.6 Å². The topological polar surface area (TPSA) is 123 Å². The molecular weight excluding hydrogens is 627 g/mol. The number of likely N-dealkylation sites (N-methyl/N-ethyl adjacent to an activating group) is 1. The number of ether oxygens (including phenoxy) is 1. The number of carbonyl (C=O) groups excluding carboxylic acids is 3. The summed E-state index contributed by atoms with van der Waals surface area (Å²) in [5, 5.41) is 20.0. The number of amides is 5. The summed E-state index contributed by atoms with van der Waals surface area (Å²) < 4.78 is 45.1. The number of aliphatic hydroxyl groups excluding tert-OH is 1. The van der Waals surface area contributed by atoms with Gasteiger partial charge in [0.25, 0.3) is 5.91 Å². The van der Waals surface area contributed by atoms with E-state index in [1.807, 2.05) is 43.3 Å². The number of hydrogen-bond acceptors (Lipinski definition) is 5. The van der Waals surface area contributed by atoms with Crippen molar-refractivity contribution in [3.8, 4) is 5.75 Å². The molecule has 0 spiro atoms. The predicted molar refractivity (Wildman–Crippen MR) is 177 cm³/mol. The molecule has 0 unspecified atom stereocenters. The monoisotopic (exact) mass is 663 g/mol. The summed E-state index contributed by atoms with van der Waals surface area (Å²) in [6, 6.07) is 20.4. The molecule has 1 aliphatic heterocycles. The van der Waals surface area contributed by atoms with Gasteiger partial charge in [-0.05, 0) is 60.8 Å². The minimum absolute atomic E-state index is 0.0655. The zero-order valence-corrected chi connectivity index (χ0v) is 26.5. The lowest BCUT2D eigenvalue weighted by Crippen LogP contribution is -2.50. The third kappa shape index (κ3) is 7.80. The summed E-state index contributed by atoms with van der Waals surface area (Å²) in [7, 11) is 1.52. The summed E-state index contributed by atoms with van der Waals surface area (Å²) >= 11 is 0. The lowest BCUT2D eigenvalue weighted by Gasteiger charge is -2.38. The molecule has 0 saturated heterocycles. The van der Waals surface area contributed by atoms with Gasteiger partial charge in [0.15, 0.2) is 0 Å². The Balaban J connectivity index is 1.34. The Morgan fingerprint density at radius 2 is 1.67 bits per heavy atom. The number of urea groups is 2. The van der Waals surface area contributed by atoms with Gasteiger partial charge in [0.1, 0.15) is 11.9 Å². The summed E-state index contributed by atoms with van der Waals surface area (Å²) in [6.07, 6.45) is -5.12. The van der Waals surface area contributed by atoms with Gasteiger partial charge in [-0.1, -0.05) is 43.3 Å². The Labute approximate surface area is 275 Å². The zero-order valence-electron chi connectivity index (χ0n) is 26.5. The van der Waals surface area contributed by atoms with Crippen LogP contribution >= 0.6 is 0 Å². The molecule has 4 aromatic carbocycles. The molecule has 1 aliphatic rings. The first-order valence-electron chi connectivity index (χ1n) is 15.3. The molecule has 252 valence electrons. The number of carbonyl (C=O) groups is 3. The summed E-state index contributed by atoms with van der Waals surface area (Å²) in [5.74, 6) is -0.478. The predicted octanol–water partition coefficient (Wildman–Crippen LogP) is 6.89. The van der Waals surface area contributed by atoms with Crippen molar-refractivity contribution in [2.75, 3.05) is 42.7 Å². The van der Waals surface area contributed by atoms with Crippen molar-refractivity contribution in [2.24, 2.45) is 5.92 Å². The summed E-state index contributed by atoms with van der Waals surface area (Å²) in [6.45, 7) is 3.54. The minimum Gasteiger partial charge on any atom is -0.487 e. The molecule has 1 heterocycles. The minimum atomic E-state index is -4.50. The normalized spacial score (nSPS) is 17.0. The van der Waals surface area contributed by atoms with E-state index in [1.54, 1.807) is 25.1 Å². The number of hydrogen-bond donors (Lipinski definition) is 4. The quantitative estimate of drug-likeness (QED) is 0.172. The van der Waals surface area contributed by atoms with Crippen LogP contribution in [0.5, 0.6) is 5.75 Å². The van der Waals surface area contributed by atoms with Crippen molar-refractivity contribution in [1.82, 2.24) is 9.80 Å². The molecule has 3 atom stereocenters. The second kappa shape index (κ2) is 14.2. The third-order valence-electron chi connectivity index (χ3n) is 8.22. The number of aliphatic hydroxyl groups is 1. The second-order valence-corrected chi connectivity index (χ2v) is 11.8. The van der Waals surface area contributed by atoms with Crippen LogP contribution in [-0.2, 0) is 6.18 Å². The van der Waals surface area contributed by atoms with Crippen molar-refractivity contribution in [3.05, 3.63) is 96.1 Å². The maximum absolute atomic E-state index is 13.8. The molecule has 5 rings (SSSR count). The molecule has 13 heteroatoms. The number of nitrogens with zero attached hydrogens (tertiary/aromatic N) is 2. The number of halogens is 3. The van der Waals surface area contributed by atoms with Gasteiger partial charge in [0, 0.05) is 36.3 Å². The maximum Gasteiger partial charge on any atom is 0.416 e. The van der Waals surface area contributed by atoms with Crippen LogP contribution in [0.3, 0.4) is 0 Å². The Morgan fingerprint density at radius 3 is 2.38 bits per heavy atom. The number of nitrogens with one attached hydrogen (secondary N) is 3. The molecule has 4 N–H and O–H groups in total. The van der Waals surface area contributed by atoms with Gasteiger partial charge in [0.05, 0.1) is 36.0 Å². The molecular formula is C35H36F3N5O5. The van der Waals surface area contributed by atoms with Gasteiger partial charge in [-0.15, -0.1) is 0 Å². The van der Waals surface area contributed by atoms with Crippen LogP contribution in [0.4, 0.5) is 39.8 Å². The van der Waals surface area contributed by atoms with Crippen molar-refractivity contribution in [2.45, 2.75) is 32.2 Å². The van der Waals surface area contributed by atoms with Crippen LogP contribution in [0.2, 0.25) is 0 Å². The lowest BCUT2D eigenvalue weighted by molar-refractivity contribution is -0.137. The molecule has 48 heavy (non-hydrogen) atoms. The van der Waals surface area contributed by atoms with Gasteiger partial charge in [-0.25, -0.2) is 9.59 Å². The first-order chi connectivity index (χ1) is 22.8. The zero-order chi connectivity index (χ0) is 34.6. The van der Waals surface area contributed by atoms with Crippen molar-refractivity contribution >= 4 is 45.8 Å². The van der Waals surface area contributed by atoms with E-state index in [4.69, 9.17) is 4.74 Å². The highest BCUT2D eigenvalue weighted by Crippen LogP contribution is 2.32. The number of fused-ring (bicyclic) bond motifs is 2. The first-order valence-corrected chi connectivity index (χ1v) is 15.3. The average Bonchev–Trinajstić information content (AvgIpc) is 3.06. The number of alkyl halides is 3. The van der Waals surface area contributed by atoms with Gasteiger partial charge in [0.2, 0.25) is 0 Å². The molecule has 5 amide bonds. The molecule has 0 fully saturated rings. The summed E-state index contributed by atoms with van der Waals surface area (Å²) in [4.78, 5) is 42.7. The largest absolute Gasteiger partial charge is 0.487 e. The van der Waals surface area contributed by atoms with Gasteiger partial charge in [-0.3, -0.25) is 4.79 Å². The molecule has 0 radical (unpaired) electrons. The fourth-order valence-electron chi connectivity index (χ4n) is 5.45. The van der Waals surface area contributed by atoms with Gasteiger partial charge >= 0.3 is 18.2 Å². The van der Waals surface area contributed by atoms with Crippen LogP contribution in [0.15, 0.2) is 84.9 Å². The van der Waals surface area contributed by atoms with Gasteiger partial charge in [-0.2, -0.15) is 13.2 Å². The van der Waals surface area contributed by atoms with E-state index in [0.717, 1.165) is 22.9 Å². The van der Waals surface area contributed by atoms with E-state index in [0.29, 0.717) is 11.4 Å². The second-order valence-electron chi connectivity index (χ2n) is 11.8. The van der Waals surface area contributed by atoms with Crippen molar-refractivity contribution in [3.63, 3.8) is 0 Å². The van der Waals surface area contributed by atoms with E-state index in [2.05, 4.69) is 16.0 Å². The van der Waals surface area contributed by atoms with Crippen LogP contribution in [0.1, 0.15) is 29.8 Å². The number of benzene rings is 4. The Morgan fingerprint density at radius 1 is 0.979 bits per heavy atom. The van der Waals surface area contributed by atoms with Crippen LogP contribution in [0.25, 0.3) is 10.8 Å².